The van der Waals surface area contributed by atoms with Crippen molar-refractivity contribution in [1.29, 1.82) is 0 Å². The van der Waals surface area contributed by atoms with E-state index >= 15 is 0 Å². The lowest BCUT2D eigenvalue weighted by atomic mass is 9.93. The molecule has 0 aliphatic carbocycles. The number of nitrogens with one attached hydrogen (secondary N) is 5. The van der Waals surface area contributed by atoms with E-state index in [0.29, 0.717) is 22.3 Å². The van der Waals surface area contributed by atoms with Gasteiger partial charge in [-0.3, -0.25) is 19.2 Å². The number of hydrogen-bond donors (Lipinski definition) is 5. The Labute approximate surface area is 597 Å². The van der Waals surface area contributed by atoms with E-state index in [1.165, 1.54) is 126 Å². The van der Waals surface area contributed by atoms with E-state index in [2.05, 4.69) is 45.1 Å². The summed E-state index contributed by atoms with van der Waals surface area (Å²) in [5.41, 5.74) is 3.87. The SMILES string of the molecule is C=CCOC(=O)NC(C(=O)N[C@@H](C)C(=O)Nc1cc(COc2cc3c(cc2OC)C(=O)N2CC=C(c4ccc(S(=O)(=O)NC)cc4)C[C@H]2C(OC)N3C(=O)OCC=C)cc(COc2cc3c(cc2OC)C(=O)N2CC=C(c4ccc(S(=O)(=O)NC)cc4)C[C@H]2C(OC)N3C(=O)OCC=C)c1)C(C)C. The lowest BCUT2D eigenvalue weighted by molar-refractivity contribution is -0.128. The van der Waals surface area contributed by atoms with Crippen molar-refractivity contribution in [2.45, 2.75) is 93.2 Å². The average molecular weight is 1460 g/mol. The number of alkyl carbamates (subject to hydrolysis) is 1. The Morgan fingerprint density at radius 3 is 1.35 bits per heavy atom. The summed E-state index contributed by atoms with van der Waals surface area (Å²) in [7, 11) is 0.624. The number of anilines is 3. The summed E-state index contributed by atoms with van der Waals surface area (Å²) in [6, 6.07) is 19.1. The van der Waals surface area contributed by atoms with Gasteiger partial charge in [-0.2, -0.15) is 0 Å². The minimum Gasteiger partial charge on any atom is -0.493 e. The molecule has 5 N–H and O–H groups in total. The van der Waals surface area contributed by atoms with Gasteiger partial charge in [0.25, 0.3) is 11.8 Å². The first-order valence-electron chi connectivity index (χ1n) is 32.5. The Kier molecular flexibility index (Phi) is 24.9. The maximum atomic E-state index is 15.0. The summed E-state index contributed by atoms with van der Waals surface area (Å²) in [5, 5.41) is 8.05. The molecular formula is C72H83N9O20S2. The van der Waals surface area contributed by atoms with Gasteiger partial charge in [-0.05, 0) is 128 Å². The van der Waals surface area contributed by atoms with Crippen LogP contribution in [0.1, 0.15) is 76.6 Å². The molecule has 0 saturated carbocycles. The lowest BCUT2D eigenvalue weighted by Crippen LogP contribution is -2.55. The predicted octanol–water partition coefficient (Wildman–Crippen LogP) is 7.88. The number of hydrogen-bond acceptors (Lipinski definition) is 20. The van der Waals surface area contributed by atoms with Crippen LogP contribution in [0.2, 0.25) is 0 Å². The van der Waals surface area contributed by atoms with Gasteiger partial charge >= 0.3 is 18.3 Å². The minimum atomic E-state index is -3.75. The second kappa shape index (κ2) is 33.5. The summed E-state index contributed by atoms with van der Waals surface area (Å²) in [6.07, 6.45) is 3.06. The molecule has 0 aromatic heterocycles. The lowest BCUT2D eigenvalue weighted by Gasteiger charge is -2.40. The predicted molar refractivity (Wildman–Crippen MR) is 380 cm³/mol. The van der Waals surface area contributed by atoms with Crippen molar-refractivity contribution in [2.24, 2.45) is 5.92 Å². The van der Waals surface area contributed by atoms with E-state index in [4.69, 9.17) is 42.6 Å². The van der Waals surface area contributed by atoms with Gasteiger partial charge in [0, 0.05) is 45.1 Å². The number of fused-ring (bicyclic) bond motifs is 4. The number of nitrogens with zero attached hydrogens (tertiary/aromatic N) is 4. The van der Waals surface area contributed by atoms with Crippen LogP contribution in [0.15, 0.2) is 151 Å². The monoisotopic (exact) mass is 1460 g/mol. The Bertz CT molecular complexity index is 4160. The van der Waals surface area contributed by atoms with Crippen molar-refractivity contribution in [2.75, 3.05) is 90.6 Å². The summed E-state index contributed by atoms with van der Waals surface area (Å²) in [5.74, 6) is -2.61. The Balaban J connectivity index is 1.06. The highest BCUT2D eigenvalue weighted by Gasteiger charge is 2.48. The first-order chi connectivity index (χ1) is 49.3. The quantitative estimate of drug-likeness (QED) is 0.0235. The van der Waals surface area contributed by atoms with Crippen molar-refractivity contribution < 1.29 is 93.0 Å². The zero-order valence-corrected chi connectivity index (χ0v) is 60.0. The second-order valence-electron chi connectivity index (χ2n) is 24.2. The third kappa shape index (κ3) is 17.0. The number of sulfonamides is 2. The van der Waals surface area contributed by atoms with Gasteiger partial charge in [-0.1, -0.05) is 88.2 Å². The molecule has 0 spiro atoms. The van der Waals surface area contributed by atoms with Crippen molar-refractivity contribution >= 4 is 90.2 Å². The molecule has 0 bridgehead atoms. The van der Waals surface area contributed by atoms with Crippen LogP contribution in [0, 0.1) is 5.92 Å². The zero-order valence-electron chi connectivity index (χ0n) is 58.3. The summed E-state index contributed by atoms with van der Waals surface area (Å²) >= 11 is 0. The van der Waals surface area contributed by atoms with Crippen LogP contribution in [0.4, 0.5) is 31.4 Å². The minimum absolute atomic E-state index is 0.0233. The molecule has 6 atom stereocenters. The van der Waals surface area contributed by atoms with Crippen LogP contribution in [0.5, 0.6) is 23.0 Å². The van der Waals surface area contributed by atoms with E-state index in [0.717, 1.165) is 11.1 Å². The Morgan fingerprint density at radius 2 is 0.971 bits per heavy atom. The molecule has 29 nitrogen and oxygen atoms in total. The van der Waals surface area contributed by atoms with Crippen LogP contribution in [-0.4, -0.2) is 181 Å². The van der Waals surface area contributed by atoms with Gasteiger partial charge in [0.2, 0.25) is 31.9 Å². The highest BCUT2D eigenvalue weighted by molar-refractivity contribution is 7.89. The fraction of sp³-hybridized carbons (Fsp3) is 0.347. The molecule has 0 radical (unpaired) electrons. The van der Waals surface area contributed by atoms with Crippen LogP contribution >= 0.6 is 0 Å². The summed E-state index contributed by atoms with van der Waals surface area (Å²) < 4.78 is 109. The maximum Gasteiger partial charge on any atom is 0.416 e. The summed E-state index contributed by atoms with van der Waals surface area (Å²) in [6.45, 7) is 14.8. The van der Waals surface area contributed by atoms with Crippen LogP contribution in [0.3, 0.4) is 0 Å². The fourth-order valence-corrected chi connectivity index (χ4v) is 13.8. The molecule has 0 fully saturated rings. The van der Waals surface area contributed by atoms with Crippen LogP contribution < -0.4 is 54.1 Å². The van der Waals surface area contributed by atoms with Gasteiger partial charge in [0.05, 0.1) is 58.6 Å². The van der Waals surface area contributed by atoms with E-state index in [1.54, 1.807) is 66.1 Å². The molecule has 4 aliphatic heterocycles. The molecule has 5 aromatic carbocycles. The number of rotatable bonds is 28. The van der Waals surface area contributed by atoms with Gasteiger partial charge in [0.15, 0.2) is 35.5 Å². The number of methoxy groups -OCH3 is 4. The van der Waals surface area contributed by atoms with Gasteiger partial charge in [-0.25, -0.2) is 50.5 Å². The molecule has 548 valence electrons. The molecule has 7 amide bonds. The standard InChI is InChI=1S/C72H83N9O20S2/c1-13-28-97-70(86)77-63(42(4)5)65(83)75-43(6)64(82)76-50-32-44(40-100-61-38-55-53(36-59(61)93-9)66(84)78-26-24-48(46-16-20-51(21-17-46)102(89,90)73-7)34-57(78)68(95-11)80(55)71(87)98-29-14-2)31-45(33-50)41-101-62-39-56-54(37-60(62)94-10)67(85)79-27-25-49(47-18-22-52(23-19-47)103(91,92)74-8)35-58(79)69(96-12)81(56)72(88)99-30-15-3/h13-25,31-33,36-39,42-43,57-58,63,68-69,73-74H,1-3,26-30,34-35,40-41H2,4-12H3,(H,75,83)(H,76,82)(H,77,86)/t43-,57-,58-,63?,68?,69?/m0/s1. The van der Waals surface area contributed by atoms with Crippen molar-refractivity contribution in [3.63, 3.8) is 0 Å². The topological polar surface area (TPSA) is 344 Å². The molecule has 4 aliphatic rings. The maximum absolute atomic E-state index is 15.0. The fourth-order valence-electron chi connectivity index (χ4n) is 12.3. The normalized spacial score (nSPS) is 17.7. The van der Waals surface area contributed by atoms with E-state index in [-0.39, 0.29) is 120 Å². The Hall–Kier alpha value is -10.6. The molecule has 5 aromatic rings. The van der Waals surface area contributed by atoms with Crippen LogP contribution in [-0.2, 0) is 66.5 Å². The van der Waals surface area contributed by atoms with E-state index in [1.807, 2.05) is 12.2 Å². The van der Waals surface area contributed by atoms with E-state index < -0.39 is 104 Å². The molecule has 3 unspecified atom stereocenters. The van der Waals surface area contributed by atoms with Crippen LogP contribution in [0.25, 0.3) is 11.1 Å². The number of ether oxygens (including phenoxy) is 9. The Morgan fingerprint density at radius 1 is 0.553 bits per heavy atom. The van der Waals surface area contributed by atoms with Gasteiger partial charge < -0.3 is 68.4 Å². The van der Waals surface area contributed by atoms with Gasteiger partial charge in [0.1, 0.15) is 45.1 Å². The third-order valence-electron chi connectivity index (χ3n) is 17.5. The number of amides is 7. The molecule has 103 heavy (non-hydrogen) atoms. The summed E-state index contributed by atoms with van der Waals surface area (Å²) in [4.78, 5) is 105. The number of carbonyl (C=O) groups excluding carboxylic acids is 7. The van der Waals surface area contributed by atoms with Crippen molar-refractivity contribution in [3.8, 4) is 23.0 Å². The molecule has 4 heterocycles. The highest BCUT2D eigenvalue weighted by Crippen LogP contribution is 2.46. The number of benzene rings is 5. The molecule has 0 saturated heterocycles. The largest absolute Gasteiger partial charge is 0.493 e. The van der Waals surface area contributed by atoms with E-state index in [9.17, 15) is 50.4 Å². The molecule has 31 heteroatoms. The number of carbonyl (C=O) groups is 7. The first kappa shape index (κ1) is 76.6. The molecular weight excluding hydrogens is 1370 g/mol. The zero-order chi connectivity index (χ0) is 74.6. The molecule has 9 rings (SSSR count). The average Bonchev–Trinajstić information content (AvgIpc) is 1.62. The van der Waals surface area contributed by atoms with Crippen molar-refractivity contribution in [3.05, 3.63) is 174 Å². The highest BCUT2D eigenvalue weighted by atomic mass is 32.2. The first-order valence-corrected chi connectivity index (χ1v) is 35.5. The van der Waals surface area contributed by atoms with Gasteiger partial charge in [-0.15, -0.1) is 0 Å². The van der Waals surface area contributed by atoms with Crippen molar-refractivity contribution in [1.82, 2.24) is 29.9 Å². The second-order valence-corrected chi connectivity index (χ2v) is 28.0. The third-order valence-corrected chi connectivity index (χ3v) is 20.4. The smallest absolute Gasteiger partial charge is 0.416 e.